The number of ether oxygens (including phenoxy) is 2. The van der Waals surface area contributed by atoms with E-state index in [2.05, 4.69) is 10.6 Å². The molecule has 0 saturated heterocycles. The van der Waals surface area contributed by atoms with Crippen LogP contribution in [-0.4, -0.2) is 31.1 Å². The lowest BCUT2D eigenvalue weighted by Crippen LogP contribution is -2.47. The highest BCUT2D eigenvalue weighted by Crippen LogP contribution is 2.29. The Morgan fingerprint density at radius 3 is 2.76 bits per heavy atom. The van der Waals surface area contributed by atoms with Gasteiger partial charge in [-0.2, -0.15) is 0 Å². The standard InChI is InChI=1S/C19H18ClN3O6/c1-2-27-18(25)15-12(22-19(26)23-16(15)14-4-3-7-28-14)9-29-13-6-5-10(20)8-11(13)17(21)24/h3-8,16H,2,9H2,1H3,(H2,21,24)(H2,22,23,26). The highest BCUT2D eigenvalue weighted by Gasteiger charge is 2.35. The number of furan rings is 1. The molecule has 9 nitrogen and oxygen atoms in total. The highest BCUT2D eigenvalue weighted by molar-refractivity contribution is 6.31. The first-order valence-electron chi connectivity index (χ1n) is 8.64. The van der Waals surface area contributed by atoms with Gasteiger partial charge in [-0.3, -0.25) is 4.79 Å². The van der Waals surface area contributed by atoms with Crippen molar-refractivity contribution in [3.8, 4) is 5.75 Å². The number of carbonyl (C=O) groups is 3. The van der Waals surface area contributed by atoms with Gasteiger partial charge in [0.05, 0.1) is 29.7 Å². The van der Waals surface area contributed by atoms with E-state index in [9.17, 15) is 14.4 Å². The molecule has 1 aliphatic rings. The predicted octanol–water partition coefficient (Wildman–Crippen LogP) is 2.28. The van der Waals surface area contributed by atoms with E-state index in [0.717, 1.165) is 0 Å². The van der Waals surface area contributed by atoms with Crippen LogP contribution in [0, 0.1) is 0 Å². The highest BCUT2D eigenvalue weighted by atomic mass is 35.5. The van der Waals surface area contributed by atoms with Crippen LogP contribution in [0.5, 0.6) is 5.75 Å². The van der Waals surface area contributed by atoms with E-state index in [-0.39, 0.29) is 35.8 Å². The van der Waals surface area contributed by atoms with Crippen molar-refractivity contribution in [3.05, 3.63) is 64.2 Å². The van der Waals surface area contributed by atoms with Gasteiger partial charge in [0.2, 0.25) is 0 Å². The van der Waals surface area contributed by atoms with Gasteiger partial charge in [-0.15, -0.1) is 0 Å². The number of carbonyl (C=O) groups excluding carboxylic acids is 3. The normalized spacial score (nSPS) is 16.1. The van der Waals surface area contributed by atoms with Crippen LogP contribution in [0.1, 0.15) is 29.1 Å². The van der Waals surface area contributed by atoms with Crippen molar-refractivity contribution in [2.45, 2.75) is 13.0 Å². The van der Waals surface area contributed by atoms with Gasteiger partial charge in [-0.1, -0.05) is 11.6 Å². The molecule has 0 saturated carbocycles. The van der Waals surface area contributed by atoms with E-state index in [1.54, 1.807) is 19.1 Å². The number of primary amides is 1. The smallest absolute Gasteiger partial charge is 0.338 e. The lowest BCUT2D eigenvalue weighted by molar-refractivity contribution is -0.139. The van der Waals surface area contributed by atoms with E-state index in [4.69, 9.17) is 31.2 Å². The molecule has 0 radical (unpaired) electrons. The molecule has 1 aliphatic heterocycles. The second-order valence-electron chi connectivity index (χ2n) is 5.95. The second kappa shape index (κ2) is 8.70. The largest absolute Gasteiger partial charge is 0.487 e. The molecule has 10 heteroatoms. The fourth-order valence-electron chi connectivity index (χ4n) is 2.82. The molecule has 29 heavy (non-hydrogen) atoms. The Labute approximate surface area is 170 Å². The number of urea groups is 1. The van der Waals surface area contributed by atoms with Crippen LogP contribution in [0.4, 0.5) is 4.79 Å². The van der Waals surface area contributed by atoms with Crippen molar-refractivity contribution in [1.29, 1.82) is 0 Å². The summed E-state index contributed by atoms with van der Waals surface area (Å²) in [6, 6.07) is 6.21. The Morgan fingerprint density at radius 1 is 1.31 bits per heavy atom. The molecular weight excluding hydrogens is 402 g/mol. The Kier molecular flexibility index (Phi) is 6.08. The van der Waals surface area contributed by atoms with Gasteiger partial charge >= 0.3 is 12.0 Å². The molecule has 0 spiro atoms. The molecule has 152 valence electrons. The van der Waals surface area contributed by atoms with Gasteiger partial charge < -0.3 is 30.3 Å². The molecule has 0 fully saturated rings. The minimum atomic E-state index is -0.864. The molecule has 0 aliphatic carbocycles. The number of rotatable bonds is 7. The lowest BCUT2D eigenvalue weighted by atomic mass is 10.0. The molecule has 4 N–H and O–H groups in total. The number of hydrogen-bond acceptors (Lipinski definition) is 6. The van der Waals surface area contributed by atoms with Gasteiger partial charge in [0.1, 0.15) is 24.2 Å². The fraction of sp³-hybridized carbons (Fsp3) is 0.211. The third-order valence-electron chi connectivity index (χ3n) is 4.06. The number of esters is 1. The number of halogens is 1. The first-order valence-corrected chi connectivity index (χ1v) is 9.01. The van der Waals surface area contributed by atoms with Crippen LogP contribution >= 0.6 is 11.6 Å². The van der Waals surface area contributed by atoms with Gasteiger partial charge in [0.25, 0.3) is 5.91 Å². The Hall–Kier alpha value is -3.46. The summed E-state index contributed by atoms with van der Waals surface area (Å²) in [7, 11) is 0. The molecule has 1 aromatic heterocycles. The van der Waals surface area contributed by atoms with E-state index in [1.165, 1.54) is 24.5 Å². The summed E-state index contributed by atoms with van der Waals surface area (Å²) in [5, 5.41) is 5.48. The maximum absolute atomic E-state index is 12.6. The quantitative estimate of drug-likeness (QED) is 0.589. The molecular formula is C19H18ClN3O6. The average Bonchev–Trinajstić information content (AvgIpc) is 3.21. The predicted molar refractivity (Wildman–Crippen MR) is 102 cm³/mol. The van der Waals surface area contributed by atoms with Gasteiger partial charge in [-0.25, -0.2) is 9.59 Å². The summed E-state index contributed by atoms with van der Waals surface area (Å²) in [4.78, 5) is 36.4. The number of hydrogen-bond donors (Lipinski definition) is 3. The van der Waals surface area contributed by atoms with Crippen molar-refractivity contribution in [2.75, 3.05) is 13.2 Å². The minimum absolute atomic E-state index is 0.0682. The molecule has 3 amide bonds. The van der Waals surface area contributed by atoms with Crippen molar-refractivity contribution in [3.63, 3.8) is 0 Å². The topological polar surface area (TPSA) is 133 Å². The summed E-state index contributed by atoms with van der Waals surface area (Å²) < 4.78 is 16.1. The zero-order valence-corrected chi connectivity index (χ0v) is 16.1. The number of nitrogens with one attached hydrogen (secondary N) is 2. The Balaban J connectivity index is 1.97. The first kappa shape index (κ1) is 20.3. The van der Waals surface area contributed by atoms with Crippen LogP contribution in [0.3, 0.4) is 0 Å². The van der Waals surface area contributed by atoms with Crippen LogP contribution in [0.25, 0.3) is 0 Å². The molecule has 3 rings (SSSR count). The van der Waals surface area contributed by atoms with Gasteiger partial charge in [-0.05, 0) is 37.3 Å². The van der Waals surface area contributed by atoms with Crippen molar-refractivity contribution < 1.29 is 28.3 Å². The Bertz CT molecular complexity index is 970. The molecule has 2 heterocycles. The third kappa shape index (κ3) is 4.52. The van der Waals surface area contributed by atoms with Crippen molar-refractivity contribution in [2.24, 2.45) is 5.73 Å². The third-order valence-corrected chi connectivity index (χ3v) is 4.29. The van der Waals surface area contributed by atoms with Crippen LogP contribution < -0.4 is 21.1 Å². The van der Waals surface area contributed by atoms with Gasteiger partial charge in [0, 0.05) is 5.02 Å². The van der Waals surface area contributed by atoms with E-state index in [0.29, 0.717) is 10.8 Å². The number of nitrogens with two attached hydrogens (primary N) is 1. The summed E-state index contributed by atoms with van der Waals surface area (Å²) in [5.41, 5.74) is 5.71. The second-order valence-corrected chi connectivity index (χ2v) is 6.39. The first-order chi connectivity index (χ1) is 13.9. The zero-order valence-electron chi connectivity index (χ0n) is 15.4. The number of benzene rings is 1. The summed E-state index contributed by atoms with van der Waals surface area (Å²) in [5.74, 6) is -0.874. The van der Waals surface area contributed by atoms with Crippen LogP contribution in [0.2, 0.25) is 5.02 Å². The van der Waals surface area contributed by atoms with Crippen LogP contribution in [-0.2, 0) is 9.53 Å². The Morgan fingerprint density at radius 2 is 2.10 bits per heavy atom. The number of amides is 3. The maximum Gasteiger partial charge on any atom is 0.338 e. The van der Waals surface area contributed by atoms with E-state index < -0.39 is 23.9 Å². The monoisotopic (exact) mass is 419 g/mol. The van der Waals surface area contributed by atoms with Crippen LogP contribution in [0.15, 0.2) is 52.3 Å². The van der Waals surface area contributed by atoms with Crippen molar-refractivity contribution >= 4 is 29.5 Å². The van der Waals surface area contributed by atoms with Gasteiger partial charge in [0.15, 0.2) is 0 Å². The summed E-state index contributed by atoms with van der Waals surface area (Å²) in [6.07, 6.45) is 1.43. The molecule has 2 aromatic rings. The van der Waals surface area contributed by atoms with E-state index in [1.807, 2.05) is 0 Å². The fourth-order valence-corrected chi connectivity index (χ4v) is 2.99. The van der Waals surface area contributed by atoms with E-state index >= 15 is 0 Å². The maximum atomic E-state index is 12.6. The molecule has 0 bridgehead atoms. The molecule has 1 aromatic carbocycles. The average molecular weight is 420 g/mol. The molecule has 1 atom stereocenters. The summed E-state index contributed by atoms with van der Waals surface area (Å²) >= 11 is 5.89. The summed E-state index contributed by atoms with van der Waals surface area (Å²) in [6.45, 7) is 1.57. The SMILES string of the molecule is CCOC(=O)C1=C(COc2ccc(Cl)cc2C(N)=O)NC(=O)NC1c1ccco1. The van der Waals surface area contributed by atoms with Crippen molar-refractivity contribution in [1.82, 2.24) is 10.6 Å². The minimum Gasteiger partial charge on any atom is -0.487 e. The lowest BCUT2D eigenvalue weighted by Gasteiger charge is -2.28. The zero-order chi connectivity index (χ0) is 21.0. The molecule has 1 unspecified atom stereocenters.